The molecule has 39 heteroatoms. The van der Waals surface area contributed by atoms with Crippen LogP contribution in [0.2, 0.25) is 20.1 Å². The van der Waals surface area contributed by atoms with Crippen molar-refractivity contribution in [2.24, 2.45) is 5.73 Å². The number of fused-ring (bicyclic) bond motifs is 2. The summed E-state index contributed by atoms with van der Waals surface area (Å²) in [6.07, 6.45) is 0.245. The molecule has 4 aromatic carbocycles. The summed E-state index contributed by atoms with van der Waals surface area (Å²) in [6, 6.07) is 18.5. The first-order valence-corrected chi connectivity index (χ1v) is 40.2. The largest absolute Gasteiger partial charge is 0.480 e. The lowest BCUT2D eigenvalue weighted by atomic mass is 10.0. The Labute approximate surface area is 721 Å². The van der Waals surface area contributed by atoms with E-state index < -0.39 is 113 Å². The Morgan fingerprint density at radius 2 is 0.843 bits per heavy atom. The van der Waals surface area contributed by atoms with Crippen LogP contribution >= 0.6 is 69.6 Å². The van der Waals surface area contributed by atoms with Crippen molar-refractivity contribution in [2.75, 3.05) is 31.5 Å². The van der Waals surface area contributed by atoms with Gasteiger partial charge < -0.3 is 35.6 Å². The summed E-state index contributed by atoms with van der Waals surface area (Å²) in [5, 5.41) is 30.1. The molecule has 4 aromatic heterocycles. The molecule has 0 saturated carbocycles. The number of aryl methyl sites for hydroxylation is 3. The van der Waals surface area contributed by atoms with E-state index in [-0.39, 0.29) is 175 Å². The van der Waals surface area contributed by atoms with Gasteiger partial charge in [0.05, 0.1) is 86.6 Å². The molecule has 4 aliphatic heterocycles. The standard InChI is InChI=1S/C23H21ClF2N4O3.C18H22ClF2NO3.C13H14ClF2NO.C10H16FNO4.C10H9N3O3.C7H7ClFN.CH2Cl2/c1-13(31)23-16-7-8-27-10-19(16)30(28-23)12-21(33)29-11-15(25)9-18(29)20(32)6-5-14-3-2-4-17(24)22(14)26;1-18(2,3)25-17(24)22-10-12(20)9-14(22)15(23)8-7-11-5-4-6-13(19)16(11)21;14-10-3-1-2-8(13(10)16)4-5-12(18)11-6-9(15)7-17-11;1-10(2,3)16-9(15)12-5-6(11)4-7(12)8(13)14;1-6(14)10-7-2-3-11-4-8(7)13(12-10)5-9(15)16;8-6-3-1-2-5(4-10)7(6)9;2-1-3/h2-4,7-8,10,15,18H,5-6,9,11-12H2,1H3;4-6,12,14H,7-10H2,1-3H3;1-3,9,11,17H,4-7H2;6-7H,4-5H2,1-3H3,(H,13,14);2-4H,5H2,1H3,(H,15,16);1-3H,4,10H2;1H2/t15-,18+;12-,14+;9-,11+;6-,7+;;;/m1111.../s1. The number of aliphatic carboxylic acids is 2. The molecule has 3 amide bonds. The normalized spacial score (nSPS) is 18.4. The number of nitrogens with two attached hydrogens (primary N) is 1. The van der Waals surface area contributed by atoms with Crippen molar-refractivity contribution < 1.29 is 103 Å². The van der Waals surface area contributed by atoms with Crippen molar-refractivity contribution in [1.82, 2.24) is 49.5 Å². The van der Waals surface area contributed by atoms with Crippen molar-refractivity contribution in [2.45, 2.75) is 199 Å². The lowest BCUT2D eigenvalue weighted by molar-refractivity contribution is -0.142. The predicted molar refractivity (Wildman–Crippen MR) is 439 cm³/mol. The van der Waals surface area contributed by atoms with Gasteiger partial charge in [0.2, 0.25) is 5.91 Å². The maximum Gasteiger partial charge on any atom is 0.411 e. The monoisotopic (exact) mass is 1820 g/mol. The molecule has 4 aliphatic rings. The van der Waals surface area contributed by atoms with Gasteiger partial charge in [-0.2, -0.15) is 10.2 Å². The Morgan fingerprint density at radius 1 is 0.496 bits per heavy atom. The second-order valence-corrected chi connectivity index (χ2v) is 32.3. The third-order valence-electron chi connectivity index (χ3n) is 18.4. The molecule has 8 aromatic rings. The Kier molecular flexibility index (Phi) is 38.7. The molecule has 12 rings (SSSR count). The van der Waals surface area contributed by atoms with Crippen LogP contribution in [0.3, 0.4) is 0 Å². The second-order valence-electron chi connectivity index (χ2n) is 29.9. The lowest BCUT2D eigenvalue weighted by Gasteiger charge is -2.27. The maximum atomic E-state index is 14.2. The number of rotatable bonds is 20. The topological polar surface area (TPSA) is 339 Å². The van der Waals surface area contributed by atoms with Gasteiger partial charge >= 0.3 is 24.1 Å². The lowest BCUT2D eigenvalue weighted by Crippen LogP contribution is -2.43. The number of carbonyl (C=O) groups is 10. The van der Waals surface area contributed by atoms with Crippen LogP contribution in [-0.4, -0.2) is 205 Å². The van der Waals surface area contributed by atoms with Crippen LogP contribution in [0.25, 0.3) is 21.8 Å². The summed E-state index contributed by atoms with van der Waals surface area (Å²) in [6.45, 7) is 12.1. The number of nitrogens with zero attached hydrogens (tertiary/aromatic N) is 9. The van der Waals surface area contributed by atoms with Crippen molar-refractivity contribution >= 4 is 150 Å². The molecule has 4 fully saturated rings. The number of aromatic nitrogens is 6. The average molecular weight is 1820 g/mol. The number of nitrogens with one attached hydrogen (secondary N) is 1. The van der Waals surface area contributed by atoms with Crippen LogP contribution in [0.15, 0.2) is 110 Å². The van der Waals surface area contributed by atoms with E-state index in [1.54, 1.807) is 102 Å². The molecule has 0 radical (unpaired) electrons. The molecule has 0 aliphatic carbocycles. The molecular weight excluding hydrogens is 1730 g/mol. The highest BCUT2D eigenvalue weighted by molar-refractivity contribution is 6.40. The molecule has 25 nitrogen and oxygen atoms in total. The van der Waals surface area contributed by atoms with E-state index in [0.717, 1.165) is 9.80 Å². The highest BCUT2D eigenvalue weighted by atomic mass is 35.5. The fraction of sp³-hybridized carbons (Fsp3) is 0.439. The van der Waals surface area contributed by atoms with Gasteiger partial charge in [0.1, 0.15) is 95.5 Å². The minimum absolute atomic E-state index is 0.00601. The maximum absolute atomic E-state index is 14.2. The highest BCUT2D eigenvalue weighted by Crippen LogP contribution is 2.31. The number of alkyl halides is 6. The van der Waals surface area contributed by atoms with Crippen LogP contribution in [0.5, 0.6) is 0 Å². The molecule has 0 spiro atoms. The van der Waals surface area contributed by atoms with Gasteiger partial charge in [-0.3, -0.25) is 62.7 Å². The van der Waals surface area contributed by atoms with E-state index >= 15 is 0 Å². The van der Waals surface area contributed by atoms with Gasteiger partial charge in [-0.1, -0.05) is 94.9 Å². The quantitative estimate of drug-likeness (QED) is 0.0313. The summed E-state index contributed by atoms with van der Waals surface area (Å²) in [4.78, 5) is 130. The average Bonchev–Trinajstić information content (AvgIpc) is 1.64. The van der Waals surface area contributed by atoms with Gasteiger partial charge in [-0.05, 0) is 114 Å². The zero-order valence-electron chi connectivity index (χ0n) is 66.9. The Balaban J connectivity index is 0.000000231. The fourth-order valence-electron chi connectivity index (χ4n) is 12.8. The van der Waals surface area contributed by atoms with Crippen LogP contribution < -0.4 is 11.1 Å². The van der Waals surface area contributed by atoms with Gasteiger partial charge in [0.25, 0.3) is 0 Å². The van der Waals surface area contributed by atoms with Crippen molar-refractivity contribution in [3.05, 3.63) is 187 Å². The molecular formula is C82H91Cl6F8N11O14. The molecule has 8 atom stereocenters. The van der Waals surface area contributed by atoms with Crippen LogP contribution in [0, 0.1) is 23.3 Å². The highest BCUT2D eigenvalue weighted by Gasteiger charge is 2.44. The van der Waals surface area contributed by atoms with E-state index in [9.17, 15) is 83.1 Å². The number of Topliss-reactive ketones (excluding diaryl/α,β-unsaturated/α-hetero) is 5. The number of pyridine rings is 2. The van der Waals surface area contributed by atoms with Crippen LogP contribution in [0.4, 0.5) is 44.7 Å². The van der Waals surface area contributed by atoms with E-state index in [1.165, 1.54) is 77.0 Å². The Morgan fingerprint density at radius 3 is 1.19 bits per heavy atom. The number of amides is 3. The number of carbonyl (C=O) groups excluding carboxylic acids is 8. The second kappa shape index (κ2) is 46.7. The molecule has 8 heterocycles. The SMILES string of the molecule is CC(=O)c1nn(CC(=O)N2C[C@H](F)C[C@H]2C(=O)CCc2cccc(Cl)c2F)c2cnccc12.CC(=O)c1nn(CC(=O)O)c2cnccc12.CC(C)(C)OC(=O)N1C[C@H](F)C[C@H]1C(=O)CCc1cccc(Cl)c1F.CC(C)(C)OC(=O)N1C[C@H](F)C[C@H]1C(=O)O.ClCCl.NCc1cccc(Cl)c1F.O=C(CCc1cccc(Cl)c1F)[C@@H]1C[C@@H](F)CN1. The third-order valence-corrected chi connectivity index (χ3v) is 19.6. The molecule has 656 valence electrons. The molecule has 5 N–H and O–H groups in total. The number of ketones is 5. The number of likely N-dealkylation sites (tertiary alicyclic amines) is 3. The number of carboxylic acid groups (broad SMARTS) is 2. The van der Waals surface area contributed by atoms with Gasteiger partial charge in [-0.25, -0.2) is 49.5 Å². The van der Waals surface area contributed by atoms with E-state index in [2.05, 4.69) is 25.5 Å². The number of benzene rings is 4. The Hall–Kier alpha value is -9.48. The van der Waals surface area contributed by atoms with E-state index in [1.807, 2.05) is 0 Å². The van der Waals surface area contributed by atoms with Crippen LogP contribution in [0.1, 0.15) is 144 Å². The van der Waals surface area contributed by atoms with E-state index in [0.29, 0.717) is 44.9 Å². The third kappa shape index (κ3) is 29.9. The summed E-state index contributed by atoms with van der Waals surface area (Å²) in [5.41, 5.74) is 6.78. The number of ether oxygens (including phenoxy) is 2. The first kappa shape index (κ1) is 100. The number of halogens is 14. The fourth-order valence-corrected chi connectivity index (χ4v) is 13.6. The smallest absolute Gasteiger partial charge is 0.411 e. The minimum atomic E-state index is -1.34. The number of hydrogen-bond donors (Lipinski definition) is 4. The molecule has 0 bridgehead atoms. The van der Waals surface area contributed by atoms with Gasteiger partial charge in [0, 0.05) is 101 Å². The van der Waals surface area contributed by atoms with Gasteiger partial charge in [-0.15, -0.1) is 23.2 Å². The summed E-state index contributed by atoms with van der Waals surface area (Å²) in [5.74, 6) is -5.93. The first-order chi connectivity index (χ1) is 56.9. The first-order valence-electron chi connectivity index (χ1n) is 37.7. The van der Waals surface area contributed by atoms with Crippen molar-refractivity contribution in [3.63, 3.8) is 0 Å². The predicted octanol–water partition coefficient (Wildman–Crippen LogP) is 16.1. The number of hydrogen-bond acceptors (Lipinski definition) is 18. The summed E-state index contributed by atoms with van der Waals surface area (Å²) >= 11 is 32.1. The molecule has 0 unspecified atom stereocenters. The Bertz CT molecular complexity index is 4980. The zero-order valence-corrected chi connectivity index (χ0v) is 71.5. The van der Waals surface area contributed by atoms with Crippen molar-refractivity contribution in [3.8, 4) is 0 Å². The molecule has 4 saturated heterocycles. The van der Waals surface area contributed by atoms with E-state index in [4.69, 9.17) is 95.0 Å². The van der Waals surface area contributed by atoms with Crippen LogP contribution in [-0.2, 0) is 77.1 Å². The minimum Gasteiger partial charge on any atom is -0.480 e. The van der Waals surface area contributed by atoms with Gasteiger partial charge in [0.15, 0.2) is 23.1 Å². The zero-order chi connectivity index (χ0) is 90.1. The summed E-state index contributed by atoms with van der Waals surface area (Å²) in [7, 11) is 0. The molecule has 121 heavy (non-hydrogen) atoms. The summed E-state index contributed by atoms with van der Waals surface area (Å²) < 4.78 is 121. The van der Waals surface area contributed by atoms with Crippen molar-refractivity contribution in [1.29, 1.82) is 0 Å². The number of carboxylic acids is 2.